The van der Waals surface area contributed by atoms with Crippen LogP contribution < -0.4 is 18.9 Å². The molecule has 0 saturated heterocycles. The molecule has 0 aliphatic carbocycles. The molecule has 0 spiro atoms. The smallest absolute Gasteiger partial charge is 0.496 e. The standard InChI is InChI=1S/C13H19FO.C12H18.C11H12F4.C11H13F3O.C11H13FO2.C11H16O.C11H16.C10H11FO/c1-4-8-15-13-7-5-6-12(14)11(13)9-10(2)3;1-9(2)8-12-10(3)6-5-7-11(12)4;1-5(2)4-7-10(14)8(12)6(3)9(13)11(7)15;1-8(2)7-9-5-3-4-6-10(9)15-11(12,13)14;1-7(2)11(13)10-8(12)5-4-6-9(10)14-3;1-9(2)8-10-6-4-5-7-11(10)12-3;1-10(2)8-9-11-6-4-3-5-7-11;1-7(2)10(12)8-5-3-4-6-9(8)11/h5-7,10H,4,8-9H2,1-3H3;5-7,9H,8H2,1-4H3;5H,4H2,1-3H3;3-6,8H,7H2,1-2H3;4-7H,1-3H3;4-7,9H,8H2,1-3H3;3-7,10H,8-9H2,1-2H3;3-7H,1-2H3. The molecule has 0 aromatic heterocycles. The maximum Gasteiger partial charge on any atom is 0.573 e. The minimum Gasteiger partial charge on any atom is -0.496 e. The Labute approximate surface area is 628 Å². The van der Waals surface area contributed by atoms with Crippen LogP contribution in [0.15, 0.2) is 158 Å². The first-order chi connectivity index (χ1) is 49.7. The zero-order chi connectivity index (χ0) is 80.6. The van der Waals surface area contributed by atoms with Gasteiger partial charge < -0.3 is 18.9 Å². The fourth-order valence-corrected chi connectivity index (χ4v) is 10.4. The van der Waals surface area contributed by atoms with Gasteiger partial charge >= 0.3 is 6.36 Å². The second-order valence-electron chi connectivity index (χ2n) is 29.0. The van der Waals surface area contributed by atoms with Crippen molar-refractivity contribution in [3.8, 4) is 23.0 Å². The number of carbonyl (C=O) groups excluding carboxylic acids is 2. The third-order valence-electron chi connectivity index (χ3n) is 15.7. The number of ketones is 2. The van der Waals surface area contributed by atoms with Crippen LogP contribution in [0.2, 0.25) is 0 Å². The molecule has 0 amide bonds. The molecule has 0 saturated carbocycles. The molecule has 8 aromatic rings. The number of halogens is 10. The van der Waals surface area contributed by atoms with Gasteiger partial charge in [0.25, 0.3) is 0 Å². The fraction of sp³-hybridized carbons (Fsp3) is 0.444. The summed E-state index contributed by atoms with van der Waals surface area (Å²) in [7, 11) is 3.14. The molecule has 8 aromatic carbocycles. The number of carbonyl (C=O) groups is 2. The average molecular weight is 1490 g/mol. The predicted octanol–water partition coefficient (Wildman–Crippen LogP) is 26.4. The first kappa shape index (κ1) is 95.6. The number of hydrogen-bond donors (Lipinski definition) is 0. The van der Waals surface area contributed by atoms with E-state index >= 15 is 0 Å². The van der Waals surface area contributed by atoms with Gasteiger partial charge in [0.1, 0.15) is 40.4 Å². The van der Waals surface area contributed by atoms with Gasteiger partial charge in [-0.05, 0) is 190 Å². The number of aryl methyl sites for hydroxylation is 3. The van der Waals surface area contributed by atoms with Gasteiger partial charge in [0.05, 0.1) is 32.0 Å². The molecule has 0 heterocycles. The molecular weight excluding hydrogens is 1370 g/mol. The van der Waals surface area contributed by atoms with E-state index in [2.05, 4.69) is 135 Å². The molecule has 584 valence electrons. The monoisotopic (exact) mass is 1480 g/mol. The molecule has 0 radical (unpaired) electrons. The Morgan fingerprint density at radius 3 is 1.24 bits per heavy atom. The topological polar surface area (TPSA) is 71.1 Å². The molecule has 0 fully saturated rings. The van der Waals surface area contributed by atoms with E-state index in [0.717, 1.165) is 43.8 Å². The molecular formula is C90H118F10O6. The Balaban J connectivity index is 0.000000607. The Morgan fingerprint density at radius 1 is 0.387 bits per heavy atom. The molecule has 16 heteroatoms. The SMILES string of the molecule is CC(C)C(=O)c1ccccc1F.CC(C)CCc1ccccc1.CC(C)Cc1ccccc1OC(F)(F)F.CCCOc1cccc(F)c1CC(C)C.COc1cccc(F)c1C(=O)C(C)C.COc1ccccc1CC(C)C.Cc1c(F)c(F)c(CC(C)C)c(F)c1F.Cc1cccc(C)c1CC(C)C. The lowest BCUT2D eigenvalue weighted by Gasteiger charge is -2.14. The van der Waals surface area contributed by atoms with Crippen LogP contribution in [-0.4, -0.2) is 38.8 Å². The molecule has 0 unspecified atom stereocenters. The van der Waals surface area contributed by atoms with Gasteiger partial charge in [-0.1, -0.05) is 227 Å². The normalized spacial score (nSPS) is 10.8. The van der Waals surface area contributed by atoms with Crippen molar-refractivity contribution in [2.24, 2.45) is 47.3 Å². The second kappa shape index (κ2) is 50.2. The van der Waals surface area contributed by atoms with Crippen LogP contribution in [0.25, 0.3) is 0 Å². The Kier molecular flexibility index (Phi) is 45.3. The maximum absolute atomic E-state index is 13.6. The van der Waals surface area contributed by atoms with Crippen molar-refractivity contribution in [3.63, 3.8) is 0 Å². The minimum absolute atomic E-state index is 0.0220. The van der Waals surface area contributed by atoms with Crippen molar-refractivity contribution >= 4 is 11.6 Å². The van der Waals surface area contributed by atoms with Gasteiger partial charge in [0.15, 0.2) is 34.8 Å². The first-order valence-corrected chi connectivity index (χ1v) is 36.6. The number of rotatable bonds is 23. The second-order valence-corrected chi connectivity index (χ2v) is 29.0. The van der Waals surface area contributed by atoms with Gasteiger partial charge in [-0.15, -0.1) is 13.2 Å². The molecule has 0 bridgehead atoms. The number of alkyl halides is 3. The summed E-state index contributed by atoms with van der Waals surface area (Å²) in [5.74, 6) is -2.23. The summed E-state index contributed by atoms with van der Waals surface area (Å²) in [5, 5.41) is 0. The highest BCUT2D eigenvalue weighted by Crippen LogP contribution is 2.30. The highest BCUT2D eigenvalue weighted by molar-refractivity contribution is 6.00. The molecule has 0 aliphatic rings. The largest absolute Gasteiger partial charge is 0.573 e. The molecule has 8 rings (SSSR count). The van der Waals surface area contributed by atoms with Crippen molar-refractivity contribution in [1.29, 1.82) is 0 Å². The Hall–Kier alpha value is -8.40. The average Bonchev–Trinajstić information content (AvgIpc) is 0.801. The number of benzene rings is 8. The molecule has 0 aliphatic heterocycles. The predicted molar refractivity (Wildman–Crippen MR) is 415 cm³/mol. The van der Waals surface area contributed by atoms with Crippen molar-refractivity contribution in [2.75, 3.05) is 20.8 Å². The van der Waals surface area contributed by atoms with E-state index in [0.29, 0.717) is 53.4 Å². The van der Waals surface area contributed by atoms with Gasteiger partial charge in [-0.3, -0.25) is 9.59 Å². The minimum atomic E-state index is -4.62. The Bertz CT molecular complexity index is 3770. The quantitative estimate of drug-likeness (QED) is 0.0361. The highest BCUT2D eigenvalue weighted by atomic mass is 19.4. The van der Waals surface area contributed by atoms with Crippen molar-refractivity contribution in [2.45, 2.75) is 196 Å². The third-order valence-corrected chi connectivity index (χ3v) is 15.7. The van der Waals surface area contributed by atoms with Crippen LogP contribution in [0.4, 0.5) is 43.9 Å². The molecule has 106 heavy (non-hydrogen) atoms. The van der Waals surface area contributed by atoms with E-state index in [1.165, 1.54) is 96.7 Å². The summed E-state index contributed by atoms with van der Waals surface area (Å²) in [6.45, 7) is 40.1. The lowest BCUT2D eigenvalue weighted by Crippen LogP contribution is -2.18. The summed E-state index contributed by atoms with van der Waals surface area (Å²) >= 11 is 0. The van der Waals surface area contributed by atoms with E-state index in [9.17, 15) is 53.5 Å². The summed E-state index contributed by atoms with van der Waals surface area (Å²) in [6.07, 6.45) is 2.42. The van der Waals surface area contributed by atoms with Crippen molar-refractivity contribution in [1.82, 2.24) is 0 Å². The van der Waals surface area contributed by atoms with Crippen LogP contribution in [0.3, 0.4) is 0 Å². The highest BCUT2D eigenvalue weighted by Gasteiger charge is 2.32. The van der Waals surface area contributed by atoms with E-state index in [1.807, 2.05) is 39.0 Å². The van der Waals surface area contributed by atoms with Gasteiger partial charge in [0.2, 0.25) is 0 Å². The first-order valence-electron chi connectivity index (χ1n) is 36.6. The van der Waals surface area contributed by atoms with Crippen molar-refractivity contribution in [3.05, 3.63) is 260 Å². The van der Waals surface area contributed by atoms with E-state index < -0.39 is 52.4 Å². The van der Waals surface area contributed by atoms with Crippen LogP contribution in [0.5, 0.6) is 23.0 Å². The fourth-order valence-electron chi connectivity index (χ4n) is 10.4. The lowest BCUT2D eigenvalue weighted by molar-refractivity contribution is -0.275. The van der Waals surface area contributed by atoms with Crippen LogP contribution in [-0.2, 0) is 38.5 Å². The van der Waals surface area contributed by atoms with E-state index in [1.54, 1.807) is 85.1 Å². The number of para-hydroxylation sites is 2. The number of ether oxygens (including phenoxy) is 4. The number of methoxy groups -OCH3 is 2. The van der Waals surface area contributed by atoms with Crippen LogP contribution >= 0.6 is 0 Å². The molecule has 0 N–H and O–H groups in total. The molecule has 0 atom stereocenters. The van der Waals surface area contributed by atoms with Gasteiger partial charge in [-0.2, -0.15) is 0 Å². The Morgan fingerprint density at radius 2 is 0.783 bits per heavy atom. The zero-order valence-corrected chi connectivity index (χ0v) is 66.7. The van der Waals surface area contributed by atoms with E-state index in [-0.39, 0.29) is 58.4 Å². The van der Waals surface area contributed by atoms with Gasteiger partial charge in [-0.25, -0.2) is 30.7 Å². The summed E-state index contributed by atoms with van der Waals surface area (Å²) in [5.41, 5.74) is 7.57. The number of Topliss-reactive ketones (excluding diaryl/α,β-unsaturated/α-hetero) is 2. The van der Waals surface area contributed by atoms with Crippen LogP contribution in [0, 0.1) is 109 Å². The summed E-state index contributed by atoms with van der Waals surface area (Å²) < 4.78 is 148. The van der Waals surface area contributed by atoms with Gasteiger partial charge in [0, 0.05) is 28.5 Å². The summed E-state index contributed by atoms with van der Waals surface area (Å²) in [4.78, 5) is 23.0. The lowest BCUT2D eigenvalue weighted by atomic mass is 9.95. The van der Waals surface area contributed by atoms with E-state index in [4.69, 9.17) is 14.2 Å². The third kappa shape index (κ3) is 36.7. The number of hydrogen-bond acceptors (Lipinski definition) is 6. The zero-order valence-electron chi connectivity index (χ0n) is 66.7. The summed E-state index contributed by atoms with van der Waals surface area (Å²) in [6, 6.07) is 47.1. The molecule has 6 nitrogen and oxygen atoms in total. The maximum atomic E-state index is 13.6. The van der Waals surface area contributed by atoms with Crippen molar-refractivity contribution < 1.29 is 72.4 Å². The van der Waals surface area contributed by atoms with Crippen LogP contribution in [0.1, 0.15) is 201 Å².